The third-order valence-corrected chi connectivity index (χ3v) is 1.90. The van der Waals surface area contributed by atoms with Gasteiger partial charge in [-0.3, -0.25) is 4.79 Å². The second-order valence-electron chi connectivity index (χ2n) is 2.87. The normalized spacial score (nSPS) is 21.8. The quantitative estimate of drug-likeness (QED) is 0.625. The molecular formula is C10H21NO2. The molecule has 0 unspecified atom stereocenters. The van der Waals surface area contributed by atoms with E-state index in [2.05, 4.69) is 0 Å². The molecule has 0 saturated carbocycles. The van der Waals surface area contributed by atoms with Gasteiger partial charge < -0.3 is 9.64 Å². The summed E-state index contributed by atoms with van der Waals surface area (Å²) < 4.78 is 5.31. The van der Waals surface area contributed by atoms with Crippen LogP contribution in [0.2, 0.25) is 0 Å². The molecule has 0 aromatic rings. The third-order valence-electron chi connectivity index (χ3n) is 1.90. The highest BCUT2D eigenvalue weighted by Gasteiger charge is 2.19. The zero-order valence-corrected chi connectivity index (χ0v) is 9.17. The summed E-state index contributed by atoms with van der Waals surface area (Å²) in [5.41, 5.74) is 0. The lowest BCUT2D eigenvalue weighted by Crippen LogP contribution is -2.44. The molecule has 78 valence electrons. The van der Waals surface area contributed by atoms with Gasteiger partial charge in [-0.05, 0) is 6.92 Å². The minimum atomic E-state index is 0.208. The number of carbonyl (C=O) groups is 1. The van der Waals surface area contributed by atoms with Crippen molar-refractivity contribution in [2.45, 2.75) is 40.2 Å². The number of nitrogens with zero attached hydrogens (tertiary/aromatic N) is 1. The molecule has 1 amide bonds. The van der Waals surface area contributed by atoms with E-state index >= 15 is 0 Å². The zero-order chi connectivity index (χ0) is 10.3. The Balaban J connectivity index is 0.000000671. The average molecular weight is 187 g/mol. The maximum absolute atomic E-state index is 11.2. The van der Waals surface area contributed by atoms with E-state index in [1.807, 2.05) is 32.6 Å². The summed E-state index contributed by atoms with van der Waals surface area (Å²) >= 11 is 0. The molecule has 0 N–H and O–H groups in total. The van der Waals surface area contributed by atoms with Crippen LogP contribution in [0.5, 0.6) is 0 Å². The lowest BCUT2D eigenvalue weighted by Gasteiger charge is -2.30. The van der Waals surface area contributed by atoms with Crippen LogP contribution in [0.25, 0.3) is 0 Å². The molecule has 1 heterocycles. The topological polar surface area (TPSA) is 29.5 Å². The van der Waals surface area contributed by atoms with E-state index < -0.39 is 0 Å². The minimum Gasteiger partial charge on any atom is -0.375 e. The van der Waals surface area contributed by atoms with Crippen LogP contribution in [0, 0.1) is 0 Å². The molecule has 0 aromatic heterocycles. The number of hydrogen-bond acceptors (Lipinski definition) is 2. The van der Waals surface area contributed by atoms with Gasteiger partial charge in [0.2, 0.25) is 5.91 Å². The molecule has 0 aromatic carbocycles. The Morgan fingerprint density at radius 2 is 2.15 bits per heavy atom. The van der Waals surface area contributed by atoms with Gasteiger partial charge in [-0.1, -0.05) is 20.8 Å². The zero-order valence-electron chi connectivity index (χ0n) is 9.17. The molecule has 1 fully saturated rings. The lowest BCUT2D eigenvalue weighted by molar-refractivity contribution is -0.137. The Morgan fingerprint density at radius 3 is 2.62 bits per heavy atom. The van der Waals surface area contributed by atoms with Crippen molar-refractivity contribution >= 4 is 5.91 Å². The second kappa shape index (κ2) is 6.89. The van der Waals surface area contributed by atoms with Crippen molar-refractivity contribution in [2.75, 3.05) is 19.7 Å². The first-order chi connectivity index (χ1) is 6.24. The molecule has 0 radical (unpaired) electrons. The van der Waals surface area contributed by atoms with Gasteiger partial charge >= 0.3 is 0 Å². The van der Waals surface area contributed by atoms with Crippen LogP contribution in [-0.4, -0.2) is 36.6 Å². The fourth-order valence-electron chi connectivity index (χ4n) is 1.27. The molecule has 1 aliphatic heterocycles. The summed E-state index contributed by atoms with van der Waals surface area (Å²) in [5.74, 6) is 0.236. The smallest absolute Gasteiger partial charge is 0.222 e. The Morgan fingerprint density at radius 1 is 1.54 bits per heavy atom. The van der Waals surface area contributed by atoms with Crippen molar-refractivity contribution in [2.24, 2.45) is 0 Å². The molecule has 1 saturated heterocycles. The Bertz CT molecular complexity index is 148. The highest BCUT2D eigenvalue weighted by Crippen LogP contribution is 2.05. The molecule has 0 aliphatic carbocycles. The van der Waals surface area contributed by atoms with Crippen LogP contribution >= 0.6 is 0 Å². The van der Waals surface area contributed by atoms with Crippen molar-refractivity contribution in [3.05, 3.63) is 0 Å². The average Bonchev–Trinajstić information content (AvgIpc) is 2.20. The molecule has 13 heavy (non-hydrogen) atoms. The van der Waals surface area contributed by atoms with Crippen LogP contribution in [-0.2, 0) is 9.53 Å². The van der Waals surface area contributed by atoms with Crippen molar-refractivity contribution < 1.29 is 9.53 Å². The number of ether oxygens (including phenoxy) is 1. The molecule has 1 aliphatic rings. The maximum Gasteiger partial charge on any atom is 0.222 e. The molecule has 3 nitrogen and oxygen atoms in total. The number of hydrogen-bond donors (Lipinski definition) is 0. The number of amides is 1. The Labute approximate surface area is 81.1 Å². The van der Waals surface area contributed by atoms with Crippen LogP contribution in [0.3, 0.4) is 0 Å². The first kappa shape index (κ1) is 12.4. The monoisotopic (exact) mass is 187 g/mol. The maximum atomic E-state index is 11.2. The van der Waals surface area contributed by atoms with Crippen molar-refractivity contribution in [3.8, 4) is 0 Å². The number of carbonyl (C=O) groups excluding carboxylic acids is 1. The molecule has 0 spiro atoms. The molecular weight excluding hydrogens is 166 g/mol. The van der Waals surface area contributed by atoms with Gasteiger partial charge in [-0.15, -0.1) is 0 Å². The van der Waals surface area contributed by atoms with Crippen LogP contribution in [0.4, 0.5) is 0 Å². The Kier molecular flexibility index (Phi) is 6.59. The van der Waals surface area contributed by atoms with E-state index in [1.165, 1.54) is 0 Å². The summed E-state index contributed by atoms with van der Waals surface area (Å²) in [5, 5.41) is 0. The van der Waals surface area contributed by atoms with Gasteiger partial charge in [0, 0.05) is 19.5 Å². The van der Waals surface area contributed by atoms with Crippen LogP contribution < -0.4 is 0 Å². The van der Waals surface area contributed by atoms with Gasteiger partial charge in [0.15, 0.2) is 0 Å². The van der Waals surface area contributed by atoms with E-state index in [1.54, 1.807) is 0 Å². The summed E-state index contributed by atoms with van der Waals surface area (Å²) in [6, 6.07) is 0. The second-order valence-corrected chi connectivity index (χ2v) is 2.87. The van der Waals surface area contributed by atoms with Gasteiger partial charge in [0.1, 0.15) is 0 Å². The van der Waals surface area contributed by atoms with Gasteiger partial charge in [-0.2, -0.15) is 0 Å². The highest BCUT2D eigenvalue weighted by molar-refractivity contribution is 5.75. The number of rotatable bonds is 1. The van der Waals surface area contributed by atoms with Crippen LogP contribution in [0.15, 0.2) is 0 Å². The molecule has 1 atom stereocenters. The van der Waals surface area contributed by atoms with E-state index in [-0.39, 0.29) is 12.0 Å². The molecule has 1 rings (SSSR count). The van der Waals surface area contributed by atoms with Gasteiger partial charge in [0.25, 0.3) is 0 Å². The SMILES string of the molecule is CC.CCC(=O)N1CCO[C@H](C)C1. The van der Waals surface area contributed by atoms with Crippen molar-refractivity contribution in [1.29, 1.82) is 0 Å². The van der Waals surface area contributed by atoms with Gasteiger partial charge in [-0.25, -0.2) is 0 Å². The molecule has 3 heteroatoms. The number of morpholine rings is 1. The fourth-order valence-corrected chi connectivity index (χ4v) is 1.27. The van der Waals surface area contributed by atoms with E-state index in [9.17, 15) is 4.79 Å². The summed E-state index contributed by atoms with van der Waals surface area (Å²) in [6.45, 7) is 10.1. The Hall–Kier alpha value is -0.570. The van der Waals surface area contributed by atoms with E-state index in [4.69, 9.17) is 4.74 Å². The summed E-state index contributed by atoms with van der Waals surface area (Å²) in [7, 11) is 0. The highest BCUT2D eigenvalue weighted by atomic mass is 16.5. The lowest BCUT2D eigenvalue weighted by atomic mass is 10.3. The predicted octanol–water partition coefficient (Wildman–Crippen LogP) is 1.67. The standard InChI is InChI=1S/C8H15NO2.C2H6/c1-3-8(10)9-4-5-11-7(2)6-9;1-2/h7H,3-6H2,1-2H3;1-2H3/t7-;/m1./s1. The molecule has 0 bridgehead atoms. The first-order valence-corrected chi connectivity index (χ1v) is 5.13. The predicted molar refractivity (Wildman–Crippen MR) is 53.6 cm³/mol. The van der Waals surface area contributed by atoms with Crippen LogP contribution in [0.1, 0.15) is 34.1 Å². The van der Waals surface area contributed by atoms with E-state index in [0.29, 0.717) is 13.0 Å². The van der Waals surface area contributed by atoms with E-state index in [0.717, 1.165) is 13.1 Å². The fraction of sp³-hybridized carbons (Fsp3) is 0.900. The summed E-state index contributed by atoms with van der Waals surface area (Å²) in [6.07, 6.45) is 0.812. The first-order valence-electron chi connectivity index (χ1n) is 5.13. The largest absolute Gasteiger partial charge is 0.375 e. The van der Waals surface area contributed by atoms with Crippen molar-refractivity contribution in [3.63, 3.8) is 0 Å². The minimum absolute atomic E-state index is 0.208. The third kappa shape index (κ3) is 4.27. The van der Waals surface area contributed by atoms with Gasteiger partial charge in [0.05, 0.1) is 12.7 Å². The summed E-state index contributed by atoms with van der Waals surface area (Å²) in [4.78, 5) is 13.1. The van der Waals surface area contributed by atoms with Crippen molar-refractivity contribution in [1.82, 2.24) is 4.90 Å².